The third-order valence-corrected chi connectivity index (χ3v) is 5.68. The fourth-order valence-corrected chi connectivity index (χ4v) is 3.88. The fraction of sp³-hybridized carbons (Fsp3) is 0.571. The predicted octanol–water partition coefficient (Wildman–Crippen LogP) is 2.92. The average molecular weight is 399 g/mol. The van der Waals surface area contributed by atoms with Crippen LogP contribution in [0.2, 0.25) is 0 Å². The number of ether oxygens (including phenoxy) is 2. The van der Waals surface area contributed by atoms with E-state index in [-0.39, 0.29) is 24.1 Å². The van der Waals surface area contributed by atoms with Crippen LogP contribution in [0.1, 0.15) is 61.5 Å². The van der Waals surface area contributed by atoms with E-state index in [9.17, 15) is 4.79 Å². The molecule has 0 radical (unpaired) electrons. The van der Waals surface area contributed by atoms with Crippen molar-refractivity contribution in [2.24, 2.45) is 5.73 Å². The molecule has 1 aromatic carbocycles. The van der Waals surface area contributed by atoms with Crippen LogP contribution in [0.25, 0.3) is 0 Å². The molecule has 156 valence electrons. The van der Waals surface area contributed by atoms with Gasteiger partial charge in [0.05, 0.1) is 18.3 Å². The Hall–Kier alpha value is -2.45. The van der Waals surface area contributed by atoms with Crippen LogP contribution < -0.4 is 15.8 Å². The number of nitrogens with one attached hydrogen (secondary N) is 1. The maximum Gasteiger partial charge on any atom is 0.277 e. The van der Waals surface area contributed by atoms with Gasteiger partial charge in [0.15, 0.2) is 5.69 Å². The highest BCUT2D eigenvalue weighted by atomic mass is 16.5. The van der Waals surface area contributed by atoms with Gasteiger partial charge in [-0.3, -0.25) is 4.79 Å². The summed E-state index contributed by atoms with van der Waals surface area (Å²) < 4.78 is 13.3. The van der Waals surface area contributed by atoms with Gasteiger partial charge in [0.25, 0.3) is 5.91 Å². The van der Waals surface area contributed by atoms with Crippen molar-refractivity contribution < 1.29 is 14.3 Å². The average Bonchev–Trinajstić information content (AvgIpc) is 3.25. The standard InChI is InChI=1S/C21H29N5O3/c22-15-4-8-17(9-5-15)26-13-20(24-25-26)21(27)23-16-6-10-18(11-7-16)29-14-19-3-1-2-12-28-19/h6-7,10-11,13,15,17,19H,1-5,8-9,12,14,22H2,(H,23,27). The number of nitrogens with two attached hydrogens (primary N) is 1. The normalized spacial score (nSPS) is 24.8. The van der Waals surface area contributed by atoms with Crippen molar-refractivity contribution in [3.05, 3.63) is 36.2 Å². The molecule has 1 saturated heterocycles. The Bertz CT molecular complexity index is 793. The summed E-state index contributed by atoms with van der Waals surface area (Å²) >= 11 is 0. The minimum absolute atomic E-state index is 0.172. The second-order valence-electron chi connectivity index (χ2n) is 7.93. The molecular weight excluding hydrogens is 370 g/mol. The number of carbonyl (C=O) groups is 1. The van der Waals surface area contributed by atoms with Crippen molar-refractivity contribution in [2.45, 2.75) is 63.1 Å². The van der Waals surface area contributed by atoms with Crippen LogP contribution in [-0.4, -0.2) is 46.3 Å². The van der Waals surface area contributed by atoms with Crippen LogP contribution in [-0.2, 0) is 4.74 Å². The Labute approximate surface area is 170 Å². The van der Waals surface area contributed by atoms with Gasteiger partial charge in [-0.25, -0.2) is 4.68 Å². The first-order valence-corrected chi connectivity index (χ1v) is 10.5. The van der Waals surface area contributed by atoms with E-state index < -0.39 is 0 Å². The third-order valence-electron chi connectivity index (χ3n) is 5.68. The molecule has 2 aliphatic rings. The highest BCUT2D eigenvalue weighted by Gasteiger charge is 2.22. The summed E-state index contributed by atoms with van der Waals surface area (Å²) in [5, 5.41) is 11.0. The Morgan fingerprint density at radius 3 is 2.69 bits per heavy atom. The molecule has 1 amide bonds. The van der Waals surface area contributed by atoms with Crippen molar-refractivity contribution in [1.82, 2.24) is 15.0 Å². The first-order valence-electron chi connectivity index (χ1n) is 10.5. The summed E-state index contributed by atoms with van der Waals surface area (Å²) in [5.74, 6) is 0.492. The number of hydrogen-bond donors (Lipinski definition) is 2. The number of aromatic nitrogens is 3. The molecule has 8 heteroatoms. The number of benzene rings is 1. The zero-order valence-electron chi connectivity index (χ0n) is 16.6. The van der Waals surface area contributed by atoms with Crippen LogP contribution in [0.15, 0.2) is 30.5 Å². The molecule has 8 nitrogen and oxygen atoms in total. The van der Waals surface area contributed by atoms with Gasteiger partial charge in [-0.2, -0.15) is 0 Å². The molecule has 1 aromatic heterocycles. The van der Waals surface area contributed by atoms with Crippen LogP contribution in [0, 0.1) is 0 Å². The number of amides is 1. The molecule has 29 heavy (non-hydrogen) atoms. The van der Waals surface area contributed by atoms with E-state index in [1.807, 2.05) is 24.3 Å². The van der Waals surface area contributed by atoms with Crippen LogP contribution in [0.4, 0.5) is 5.69 Å². The molecule has 1 aliphatic heterocycles. The van der Waals surface area contributed by atoms with Gasteiger partial charge in [0.1, 0.15) is 12.4 Å². The fourth-order valence-electron chi connectivity index (χ4n) is 3.88. The Balaban J connectivity index is 1.28. The number of rotatable bonds is 6. The SMILES string of the molecule is NC1CCC(n2cc(C(=O)Nc3ccc(OCC4CCCCO4)cc3)nn2)CC1. The summed E-state index contributed by atoms with van der Waals surface area (Å²) in [6.45, 7) is 1.37. The molecule has 2 fully saturated rings. The van der Waals surface area contributed by atoms with E-state index in [2.05, 4.69) is 15.6 Å². The van der Waals surface area contributed by atoms with Gasteiger partial charge in [-0.1, -0.05) is 5.21 Å². The molecule has 2 heterocycles. The van der Waals surface area contributed by atoms with Crippen molar-refractivity contribution >= 4 is 11.6 Å². The molecule has 1 atom stereocenters. The number of anilines is 1. The zero-order chi connectivity index (χ0) is 20.1. The second-order valence-corrected chi connectivity index (χ2v) is 7.93. The lowest BCUT2D eigenvalue weighted by Crippen LogP contribution is -2.28. The molecule has 0 bridgehead atoms. The van der Waals surface area contributed by atoms with Crippen molar-refractivity contribution in [3.63, 3.8) is 0 Å². The van der Waals surface area contributed by atoms with Gasteiger partial charge in [0, 0.05) is 18.3 Å². The van der Waals surface area contributed by atoms with Crippen LogP contribution >= 0.6 is 0 Å². The van der Waals surface area contributed by atoms with E-state index in [0.29, 0.717) is 18.0 Å². The summed E-state index contributed by atoms with van der Waals surface area (Å²) in [6.07, 6.45) is 9.16. The molecule has 1 aliphatic carbocycles. The highest BCUT2D eigenvalue weighted by Crippen LogP contribution is 2.27. The van der Waals surface area contributed by atoms with E-state index in [1.54, 1.807) is 10.9 Å². The largest absolute Gasteiger partial charge is 0.491 e. The predicted molar refractivity (Wildman–Crippen MR) is 109 cm³/mol. The lowest BCUT2D eigenvalue weighted by Gasteiger charge is -2.25. The van der Waals surface area contributed by atoms with Gasteiger partial charge in [-0.15, -0.1) is 5.10 Å². The van der Waals surface area contributed by atoms with Gasteiger partial charge in [0.2, 0.25) is 0 Å². The Morgan fingerprint density at radius 1 is 1.17 bits per heavy atom. The highest BCUT2D eigenvalue weighted by molar-refractivity contribution is 6.02. The summed E-state index contributed by atoms with van der Waals surface area (Å²) in [4.78, 5) is 12.5. The van der Waals surface area contributed by atoms with Crippen LogP contribution in [0.5, 0.6) is 5.75 Å². The topological polar surface area (TPSA) is 104 Å². The summed E-state index contributed by atoms with van der Waals surface area (Å²) in [6, 6.07) is 7.89. The Morgan fingerprint density at radius 2 is 1.97 bits per heavy atom. The van der Waals surface area contributed by atoms with Crippen molar-refractivity contribution in [2.75, 3.05) is 18.5 Å². The maximum absolute atomic E-state index is 12.5. The molecule has 1 unspecified atom stereocenters. The molecule has 0 spiro atoms. The van der Waals surface area contributed by atoms with Gasteiger partial charge < -0.3 is 20.5 Å². The monoisotopic (exact) mass is 399 g/mol. The summed E-state index contributed by atoms with van der Waals surface area (Å²) in [5.41, 5.74) is 6.96. The molecule has 1 saturated carbocycles. The van der Waals surface area contributed by atoms with Crippen molar-refractivity contribution in [1.29, 1.82) is 0 Å². The molecule has 2 aromatic rings. The van der Waals surface area contributed by atoms with Crippen LogP contribution in [0.3, 0.4) is 0 Å². The summed E-state index contributed by atoms with van der Waals surface area (Å²) in [7, 11) is 0. The van der Waals surface area contributed by atoms with Gasteiger partial charge >= 0.3 is 0 Å². The number of carbonyl (C=O) groups excluding carboxylic acids is 1. The third kappa shape index (κ3) is 5.33. The molecule has 3 N–H and O–H groups in total. The minimum Gasteiger partial charge on any atom is -0.491 e. The second kappa shape index (κ2) is 9.37. The Kier molecular flexibility index (Phi) is 6.41. The van der Waals surface area contributed by atoms with E-state index >= 15 is 0 Å². The number of hydrogen-bond acceptors (Lipinski definition) is 6. The smallest absolute Gasteiger partial charge is 0.277 e. The first-order chi connectivity index (χ1) is 14.2. The molecular formula is C21H29N5O3. The van der Waals surface area contributed by atoms with E-state index in [1.165, 1.54) is 6.42 Å². The van der Waals surface area contributed by atoms with Crippen molar-refractivity contribution in [3.8, 4) is 5.75 Å². The van der Waals surface area contributed by atoms with E-state index in [0.717, 1.165) is 50.9 Å². The minimum atomic E-state index is -0.270. The van der Waals surface area contributed by atoms with E-state index in [4.69, 9.17) is 15.2 Å². The lowest BCUT2D eigenvalue weighted by atomic mass is 9.92. The quantitative estimate of drug-likeness (QED) is 0.774. The number of nitrogens with zero attached hydrogens (tertiary/aromatic N) is 3. The lowest BCUT2D eigenvalue weighted by molar-refractivity contribution is -0.0110. The first kappa shape index (κ1) is 19.8. The zero-order valence-corrected chi connectivity index (χ0v) is 16.6. The maximum atomic E-state index is 12.5. The van der Waals surface area contributed by atoms with Gasteiger partial charge in [-0.05, 0) is 69.2 Å². The molecule has 4 rings (SSSR count).